The Labute approximate surface area is 117 Å². The lowest BCUT2D eigenvalue weighted by atomic mass is 10.2. The van der Waals surface area contributed by atoms with Gasteiger partial charge in [0.2, 0.25) is 5.91 Å². The lowest BCUT2D eigenvalue weighted by Gasteiger charge is -2.20. The third-order valence-electron chi connectivity index (χ3n) is 3.24. The number of anilines is 1. The monoisotopic (exact) mass is 280 g/mol. The van der Waals surface area contributed by atoms with Crippen molar-refractivity contribution in [2.75, 3.05) is 25.0 Å². The van der Waals surface area contributed by atoms with Crippen LogP contribution in [0.15, 0.2) is 16.9 Å². The molecule has 110 valence electrons. The van der Waals surface area contributed by atoms with E-state index in [-0.39, 0.29) is 11.9 Å². The molecule has 1 fully saturated rings. The first-order chi connectivity index (χ1) is 9.75. The second kappa shape index (κ2) is 7.52. The Balaban J connectivity index is 1.64. The summed E-state index contributed by atoms with van der Waals surface area (Å²) in [6.07, 6.45) is 7.67. The second-order valence-electron chi connectivity index (χ2n) is 4.76. The molecule has 1 saturated heterocycles. The molecule has 0 unspecified atom stereocenters. The lowest BCUT2D eigenvalue weighted by molar-refractivity contribution is -0.131. The van der Waals surface area contributed by atoms with Crippen LogP contribution >= 0.6 is 0 Å². The molecule has 0 bridgehead atoms. The molecule has 2 heterocycles. The van der Waals surface area contributed by atoms with Crippen LogP contribution in [-0.2, 0) is 4.79 Å². The maximum absolute atomic E-state index is 12.0. The Bertz CT molecular complexity index is 425. The number of hydrogen-bond donors (Lipinski definition) is 2. The van der Waals surface area contributed by atoms with Gasteiger partial charge in [-0.15, -0.1) is 0 Å². The van der Waals surface area contributed by atoms with Crippen LogP contribution in [-0.4, -0.2) is 41.5 Å². The number of urea groups is 1. The van der Waals surface area contributed by atoms with Gasteiger partial charge in [0.1, 0.15) is 6.26 Å². The summed E-state index contributed by atoms with van der Waals surface area (Å²) in [6.45, 7) is 1.98. The van der Waals surface area contributed by atoms with E-state index in [0.29, 0.717) is 13.0 Å². The zero-order valence-corrected chi connectivity index (χ0v) is 11.4. The van der Waals surface area contributed by atoms with Gasteiger partial charge in [0.15, 0.2) is 0 Å². The van der Waals surface area contributed by atoms with Gasteiger partial charge in [-0.2, -0.15) is 0 Å². The number of aromatic nitrogens is 1. The van der Waals surface area contributed by atoms with E-state index in [1.54, 1.807) is 0 Å². The Morgan fingerprint density at radius 2 is 2.00 bits per heavy atom. The Kier molecular flexibility index (Phi) is 5.40. The van der Waals surface area contributed by atoms with Crippen molar-refractivity contribution in [1.82, 2.24) is 15.2 Å². The molecule has 3 amide bonds. The molecule has 1 aliphatic heterocycles. The van der Waals surface area contributed by atoms with E-state index in [4.69, 9.17) is 4.42 Å². The normalized spacial score (nSPS) is 15.5. The van der Waals surface area contributed by atoms with Crippen molar-refractivity contribution >= 4 is 18.0 Å². The highest BCUT2D eigenvalue weighted by Crippen LogP contribution is 2.10. The van der Waals surface area contributed by atoms with E-state index in [1.165, 1.54) is 25.3 Å². The zero-order valence-electron chi connectivity index (χ0n) is 11.4. The molecule has 0 radical (unpaired) electrons. The minimum Gasteiger partial charge on any atom is -0.432 e. The van der Waals surface area contributed by atoms with E-state index in [9.17, 15) is 9.59 Å². The number of hydrogen-bond acceptors (Lipinski definition) is 4. The Morgan fingerprint density at radius 1 is 1.25 bits per heavy atom. The predicted molar refractivity (Wildman–Crippen MR) is 73.2 cm³/mol. The first-order valence-electron chi connectivity index (χ1n) is 6.98. The van der Waals surface area contributed by atoms with Crippen molar-refractivity contribution in [2.24, 2.45) is 0 Å². The molecule has 7 heteroatoms. The lowest BCUT2D eigenvalue weighted by Crippen LogP contribution is -2.36. The summed E-state index contributed by atoms with van der Waals surface area (Å²) in [5.74, 6) is 0.100. The molecule has 1 aliphatic rings. The highest BCUT2D eigenvalue weighted by molar-refractivity contribution is 5.87. The number of nitrogens with one attached hydrogen (secondary N) is 2. The summed E-state index contributed by atoms with van der Waals surface area (Å²) >= 11 is 0. The fourth-order valence-corrected chi connectivity index (χ4v) is 2.19. The van der Waals surface area contributed by atoms with Gasteiger partial charge in [-0.05, 0) is 12.8 Å². The number of nitrogens with zero attached hydrogens (tertiary/aromatic N) is 2. The van der Waals surface area contributed by atoms with Gasteiger partial charge in [0, 0.05) is 26.1 Å². The number of carbonyl (C=O) groups is 2. The van der Waals surface area contributed by atoms with Gasteiger partial charge >= 0.3 is 12.0 Å². The van der Waals surface area contributed by atoms with E-state index in [1.807, 2.05) is 4.90 Å². The summed E-state index contributed by atoms with van der Waals surface area (Å²) in [5.41, 5.74) is 0. The molecular formula is C13H20N4O3. The van der Waals surface area contributed by atoms with Crippen molar-refractivity contribution in [2.45, 2.75) is 32.1 Å². The highest BCUT2D eigenvalue weighted by atomic mass is 16.4. The molecule has 2 N–H and O–H groups in total. The second-order valence-corrected chi connectivity index (χ2v) is 4.76. The van der Waals surface area contributed by atoms with Crippen LogP contribution in [0.1, 0.15) is 32.1 Å². The van der Waals surface area contributed by atoms with Gasteiger partial charge < -0.3 is 14.6 Å². The molecule has 0 aromatic carbocycles. The third kappa shape index (κ3) is 4.56. The maximum Gasteiger partial charge on any atom is 0.322 e. The summed E-state index contributed by atoms with van der Waals surface area (Å²) < 4.78 is 4.88. The topological polar surface area (TPSA) is 87.5 Å². The van der Waals surface area contributed by atoms with E-state index < -0.39 is 6.03 Å². The molecule has 0 spiro atoms. The number of oxazole rings is 1. The number of rotatable bonds is 4. The average Bonchev–Trinajstić information content (AvgIpc) is 2.78. The summed E-state index contributed by atoms with van der Waals surface area (Å²) in [6, 6.07) is -0.280. The minimum atomic E-state index is -0.420. The fourth-order valence-electron chi connectivity index (χ4n) is 2.19. The van der Waals surface area contributed by atoms with Crippen molar-refractivity contribution < 1.29 is 14.0 Å². The number of carbonyl (C=O) groups excluding carboxylic acids is 2. The molecule has 0 saturated carbocycles. The summed E-state index contributed by atoms with van der Waals surface area (Å²) in [5, 5.41) is 5.04. The van der Waals surface area contributed by atoms with Crippen LogP contribution in [0.5, 0.6) is 0 Å². The SMILES string of the molecule is O=C(NCCC(=O)N1CCCCCC1)Nc1ncco1. The number of likely N-dealkylation sites (tertiary alicyclic amines) is 1. The first kappa shape index (κ1) is 14.4. The standard InChI is InChI=1S/C13H20N4O3/c18-11(17-8-3-1-2-4-9-17)5-6-14-12(19)16-13-15-7-10-20-13/h7,10H,1-6,8-9H2,(H2,14,15,16,19). The van der Waals surface area contributed by atoms with Crippen LogP contribution in [0.3, 0.4) is 0 Å². The van der Waals surface area contributed by atoms with E-state index in [0.717, 1.165) is 25.9 Å². The van der Waals surface area contributed by atoms with Gasteiger partial charge in [-0.1, -0.05) is 12.8 Å². The Hall–Kier alpha value is -2.05. The van der Waals surface area contributed by atoms with Crippen molar-refractivity contribution in [3.05, 3.63) is 12.5 Å². The molecule has 0 atom stereocenters. The number of amides is 3. The quantitative estimate of drug-likeness (QED) is 0.876. The summed E-state index contributed by atoms with van der Waals surface area (Å²) in [7, 11) is 0. The van der Waals surface area contributed by atoms with Crippen LogP contribution in [0.2, 0.25) is 0 Å². The van der Waals surface area contributed by atoms with Crippen LogP contribution in [0.25, 0.3) is 0 Å². The highest BCUT2D eigenvalue weighted by Gasteiger charge is 2.15. The van der Waals surface area contributed by atoms with Crippen molar-refractivity contribution in [3.63, 3.8) is 0 Å². The molecule has 1 aromatic rings. The molecule has 20 heavy (non-hydrogen) atoms. The zero-order chi connectivity index (χ0) is 14.2. The molecule has 0 aliphatic carbocycles. The van der Waals surface area contributed by atoms with Crippen LogP contribution in [0.4, 0.5) is 10.8 Å². The molecule has 1 aromatic heterocycles. The van der Waals surface area contributed by atoms with Crippen molar-refractivity contribution in [3.8, 4) is 0 Å². The van der Waals surface area contributed by atoms with Gasteiger partial charge in [0.05, 0.1) is 6.20 Å². The molecule has 7 nitrogen and oxygen atoms in total. The minimum absolute atomic E-state index is 0.100. The predicted octanol–water partition coefficient (Wildman–Crippen LogP) is 1.59. The van der Waals surface area contributed by atoms with E-state index >= 15 is 0 Å². The molecular weight excluding hydrogens is 260 g/mol. The fraction of sp³-hybridized carbons (Fsp3) is 0.615. The van der Waals surface area contributed by atoms with E-state index in [2.05, 4.69) is 15.6 Å². The smallest absolute Gasteiger partial charge is 0.322 e. The van der Waals surface area contributed by atoms with Gasteiger partial charge in [-0.25, -0.2) is 9.78 Å². The average molecular weight is 280 g/mol. The van der Waals surface area contributed by atoms with Crippen LogP contribution in [0, 0.1) is 0 Å². The Morgan fingerprint density at radius 3 is 2.65 bits per heavy atom. The summed E-state index contributed by atoms with van der Waals surface area (Å²) in [4.78, 5) is 29.1. The molecule has 2 rings (SSSR count). The van der Waals surface area contributed by atoms with Gasteiger partial charge in [0.25, 0.3) is 0 Å². The van der Waals surface area contributed by atoms with Crippen LogP contribution < -0.4 is 10.6 Å². The largest absolute Gasteiger partial charge is 0.432 e. The first-order valence-corrected chi connectivity index (χ1v) is 6.98. The van der Waals surface area contributed by atoms with Crippen molar-refractivity contribution in [1.29, 1.82) is 0 Å². The van der Waals surface area contributed by atoms with Gasteiger partial charge in [-0.3, -0.25) is 10.1 Å². The maximum atomic E-state index is 12.0. The third-order valence-corrected chi connectivity index (χ3v) is 3.24.